The normalized spacial score (nSPS) is 10.6. The van der Waals surface area contributed by atoms with E-state index >= 15 is 0 Å². The van der Waals surface area contributed by atoms with Gasteiger partial charge in [-0.05, 0) is 44.5 Å². The molecule has 1 aromatic carbocycles. The van der Waals surface area contributed by atoms with Crippen LogP contribution in [0.4, 0.5) is 4.39 Å². The summed E-state index contributed by atoms with van der Waals surface area (Å²) in [4.78, 5) is 0. The quantitative estimate of drug-likeness (QED) is 0.688. The standard InChI is InChI=1S/C14H22FNO2/c1-3-17-9-4-7-16-8-10-18-14-11-12(2)5-6-13(14)15/h5-6,11,16H,3-4,7-10H2,1-2H3. The molecule has 18 heavy (non-hydrogen) atoms. The Balaban J connectivity index is 2.09. The van der Waals surface area contributed by atoms with Gasteiger partial charge >= 0.3 is 0 Å². The smallest absolute Gasteiger partial charge is 0.165 e. The van der Waals surface area contributed by atoms with Crippen molar-refractivity contribution in [2.45, 2.75) is 20.3 Å². The predicted octanol–water partition coefficient (Wildman–Crippen LogP) is 2.53. The first-order chi connectivity index (χ1) is 8.74. The van der Waals surface area contributed by atoms with Crippen LogP contribution < -0.4 is 10.1 Å². The van der Waals surface area contributed by atoms with Crippen LogP contribution in [0.1, 0.15) is 18.9 Å². The fourth-order valence-corrected chi connectivity index (χ4v) is 1.52. The van der Waals surface area contributed by atoms with E-state index in [4.69, 9.17) is 9.47 Å². The van der Waals surface area contributed by atoms with Crippen molar-refractivity contribution in [3.05, 3.63) is 29.6 Å². The lowest BCUT2D eigenvalue weighted by molar-refractivity contribution is 0.144. The second-order valence-corrected chi connectivity index (χ2v) is 4.08. The number of hydrogen-bond donors (Lipinski definition) is 1. The molecule has 0 aliphatic rings. The first-order valence-electron chi connectivity index (χ1n) is 6.41. The van der Waals surface area contributed by atoms with Gasteiger partial charge in [0.05, 0.1) is 0 Å². The van der Waals surface area contributed by atoms with E-state index in [-0.39, 0.29) is 5.82 Å². The Labute approximate surface area is 108 Å². The van der Waals surface area contributed by atoms with E-state index in [0.717, 1.165) is 31.7 Å². The Morgan fingerprint density at radius 1 is 1.22 bits per heavy atom. The number of ether oxygens (including phenoxy) is 2. The van der Waals surface area contributed by atoms with Crippen LogP contribution in [0.25, 0.3) is 0 Å². The van der Waals surface area contributed by atoms with Gasteiger partial charge in [0, 0.05) is 19.8 Å². The molecule has 0 aliphatic heterocycles. The fraction of sp³-hybridized carbons (Fsp3) is 0.571. The van der Waals surface area contributed by atoms with E-state index in [1.54, 1.807) is 12.1 Å². The molecule has 0 saturated heterocycles. The van der Waals surface area contributed by atoms with Crippen LogP contribution in [-0.2, 0) is 4.74 Å². The summed E-state index contributed by atoms with van der Waals surface area (Å²) in [5.41, 5.74) is 0.996. The van der Waals surface area contributed by atoms with E-state index in [9.17, 15) is 4.39 Å². The Morgan fingerprint density at radius 2 is 2.06 bits per heavy atom. The zero-order valence-electron chi connectivity index (χ0n) is 11.2. The molecule has 3 nitrogen and oxygen atoms in total. The zero-order valence-corrected chi connectivity index (χ0v) is 11.2. The lowest BCUT2D eigenvalue weighted by Gasteiger charge is -2.09. The van der Waals surface area contributed by atoms with Crippen LogP contribution in [0, 0.1) is 12.7 Å². The number of benzene rings is 1. The van der Waals surface area contributed by atoms with E-state index in [1.807, 2.05) is 13.8 Å². The minimum Gasteiger partial charge on any atom is -0.489 e. The predicted molar refractivity (Wildman–Crippen MR) is 70.6 cm³/mol. The molecule has 0 saturated carbocycles. The van der Waals surface area contributed by atoms with Crippen LogP contribution in [0.2, 0.25) is 0 Å². The molecule has 0 radical (unpaired) electrons. The van der Waals surface area contributed by atoms with Gasteiger partial charge in [-0.2, -0.15) is 0 Å². The van der Waals surface area contributed by atoms with Crippen molar-refractivity contribution in [2.75, 3.05) is 32.9 Å². The van der Waals surface area contributed by atoms with Gasteiger partial charge in [0.2, 0.25) is 0 Å². The molecule has 1 aromatic rings. The van der Waals surface area contributed by atoms with Crippen molar-refractivity contribution in [3.63, 3.8) is 0 Å². The van der Waals surface area contributed by atoms with Gasteiger partial charge in [0.1, 0.15) is 6.61 Å². The third kappa shape index (κ3) is 5.98. The number of nitrogens with one attached hydrogen (secondary N) is 1. The highest BCUT2D eigenvalue weighted by Crippen LogP contribution is 2.17. The van der Waals surface area contributed by atoms with Crippen LogP contribution in [0.5, 0.6) is 5.75 Å². The van der Waals surface area contributed by atoms with Gasteiger partial charge in [-0.25, -0.2) is 4.39 Å². The van der Waals surface area contributed by atoms with Gasteiger partial charge in [0.15, 0.2) is 11.6 Å². The second kappa shape index (κ2) is 8.89. The van der Waals surface area contributed by atoms with Crippen molar-refractivity contribution in [1.82, 2.24) is 5.32 Å². The summed E-state index contributed by atoms with van der Waals surface area (Å²) in [7, 11) is 0. The average Bonchev–Trinajstić information content (AvgIpc) is 2.36. The lowest BCUT2D eigenvalue weighted by Crippen LogP contribution is -2.23. The average molecular weight is 255 g/mol. The highest BCUT2D eigenvalue weighted by atomic mass is 19.1. The molecular formula is C14H22FNO2. The summed E-state index contributed by atoms with van der Waals surface area (Å²) in [6, 6.07) is 4.87. The number of hydrogen-bond acceptors (Lipinski definition) is 3. The van der Waals surface area contributed by atoms with Crippen molar-refractivity contribution < 1.29 is 13.9 Å². The molecule has 0 aromatic heterocycles. The summed E-state index contributed by atoms with van der Waals surface area (Å²) in [6.45, 7) is 7.50. The van der Waals surface area contributed by atoms with Crippen LogP contribution in [-0.4, -0.2) is 32.9 Å². The summed E-state index contributed by atoms with van der Waals surface area (Å²) < 4.78 is 23.9. The van der Waals surface area contributed by atoms with Crippen LogP contribution >= 0.6 is 0 Å². The molecule has 0 spiro atoms. The number of halogens is 1. The van der Waals surface area contributed by atoms with Gasteiger partial charge in [0.25, 0.3) is 0 Å². The maximum atomic E-state index is 13.3. The minimum absolute atomic E-state index is 0.308. The largest absolute Gasteiger partial charge is 0.489 e. The van der Waals surface area contributed by atoms with Gasteiger partial charge in [-0.15, -0.1) is 0 Å². The lowest BCUT2D eigenvalue weighted by atomic mass is 10.2. The highest BCUT2D eigenvalue weighted by Gasteiger charge is 2.02. The molecule has 4 heteroatoms. The Hall–Kier alpha value is -1.13. The molecule has 0 fully saturated rings. The van der Waals surface area contributed by atoms with E-state index in [1.165, 1.54) is 6.07 Å². The molecule has 1 N–H and O–H groups in total. The molecule has 0 amide bonds. The summed E-state index contributed by atoms with van der Waals surface area (Å²) in [6.07, 6.45) is 0.979. The first-order valence-corrected chi connectivity index (χ1v) is 6.41. The third-order valence-electron chi connectivity index (χ3n) is 2.47. The summed E-state index contributed by atoms with van der Waals surface area (Å²) >= 11 is 0. The molecule has 0 unspecified atom stereocenters. The Morgan fingerprint density at radius 3 is 2.83 bits per heavy atom. The number of rotatable bonds is 9. The van der Waals surface area contributed by atoms with Crippen LogP contribution in [0.3, 0.4) is 0 Å². The van der Waals surface area contributed by atoms with Crippen molar-refractivity contribution in [3.8, 4) is 5.75 Å². The molecule has 1 rings (SSSR count). The third-order valence-corrected chi connectivity index (χ3v) is 2.47. The maximum Gasteiger partial charge on any atom is 0.165 e. The molecule has 102 valence electrons. The molecule has 0 atom stereocenters. The molecule has 0 heterocycles. The summed E-state index contributed by atoms with van der Waals surface area (Å²) in [5.74, 6) is 0.0167. The zero-order chi connectivity index (χ0) is 13.2. The molecule has 0 bridgehead atoms. The highest BCUT2D eigenvalue weighted by molar-refractivity contribution is 5.29. The molecule has 0 aliphatic carbocycles. The second-order valence-electron chi connectivity index (χ2n) is 4.08. The van der Waals surface area contributed by atoms with Crippen LogP contribution in [0.15, 0.2) is 18.2 Å². The van der Waals surface area contributed by atoms with Crippen molar-refractivity contribution >= 4 is 0 Å². The molecular weight excluding hydrogens is 233 g/mol. The SMILES string of the molecule is CCOCCCNCCOc1cc(C)ccc1F. The van der Waals surface area contributed by atoms with Crippen molar-refractivity contribution in [1.29, 1.82) is 0 Å². The maximum absolute atomic E-state index is 13.3. The number of aryl methyl sites for hydroxylation is 1. The van der Waals surface area contributed by atoms with Gasteiger partial charge < -0.3 is 14.8 Å². The first kappa shape index (κ1) is 14.9. The monoisotopic (exact) mass is 255 g/mol. The van der Waals surface area contributed by atoms with Crippen molar-refractivity contribution in [2.24, 2.45) is 0 Å². The van der Waals surface area contributed by atoms with E-state index in [0.29, 0.717) is 18.9 Å². The van der Waals surface area contributed by atoms with Gasteiger partial charge in [-0.3, -0.25) is 0 Å². The van der Waals surface area contributed by atoms with Gasteiger partial charge in [-0.1, -0.05) is 6.07 Å². The topological polar surface area (TPSA) is 30.5 Å². The minimum atomic E-state index is -0.308. The summed E-state index contributed by atoms with van der Waals surface area (Å²) in [5, 5.41) is 3.22. The fourth-order valence-electron chi connectivity index (χ4n) is 1.52. The Bertz CT molecular complexity index is 345. The Kier molecular flexibility index (Phi) is 7.37. The van der Waals surface area contributed by atoms with E-state index < -0.39 is 0 Å². The van der Waals surface area contributed by atoms with E-state index in [2.05, 4.69) is 5.32 Å².